The standard InChI is InChI=1S/C16H24N2O4/c1-11(17-15(20)14-8-5-9-22-14)16(21)18(2)10-12-6-3-4-7-13(12)19/h5,8-9,11-13,19H,3-4,6-7,10H2,1-2H3,(H,17,20). The summed E-state index contributed by atoms with van der Waals surface area (Å²) in [5.41, 5.74) is 0. The number of nitrogens with one attached hydrogen (secondary N) is 1. The zero-order valence-corrected chi connectivity index (χ0v) is 13.1. The summed E-state index contributed by atoms with van der Waals surface area (Å²) in [6, 6.07) is 2.54. The maximum absolute atomic E-state index is 12.3. The molecule has 1 fully saturated rings. The van der Waals surface area contributed by atoms with Gasteiger partial charge in [-0.15, -0.1) is 0 Å². The summed E-state index contributed by atoms with van der Waals surface area (Å²) >= 11 is 0. The minimum absolute atomic E-state index is 0.121. The maximum Gasteiger partial charge on any atom is 0.287 e. The third kappa shape index (κ3) is 4.10. The van der Waals surface area contributed by atoms with E-state index in [9.17, 15) is 14.7 Å². The average Bonchev–Trinajstić information content (AvgIpc) is 3.03. The SMILES string of the molecule is CC(NC(=O)c1ccco1)C(=O)N(C)CC1CCCCC1O. The number of carbonyl (C=O) groups is 2. The molecule has 22 heavy (non-hydrogen) atoms. The highest BCUT2D eigenvalue weighted by Gasteiger charge is 2.27. The van der Waals surface area contributed by atoms with E-state index in [1.54, 1.807) is 31.0 Å². The minimum Gasteiger partial charge on any atom is -0.459 e. The number of hydrogen-bond donors (Lipinski definition) is 2. The minimum atomic E-state index is -0.636. The van der Waals surface area contributed by atoms with Gasteiger partial charge in [0, 0.05) is 19.5 Å². The van der Waals surface area contributed by atoms with E-state index < -0.39 is 11.9 Å². The maximum atomic E-state index is 12.3. The van der Waals surface area contributed by atoms with Crippen LogP contribution in [0.15, 0.2) is 22.8 Å². The number of carbonyl (C=O) groups excluding carboxylic acids is 2. The number of amides is 2. The molecule has 0 radical (unpaired) electrons. The van der Waals surface area contributed by atoms with E-state index >= 15 is 0 Å². The van der Waals surface area contributed by atoms with Gasteiger partial charge in [-0.05, 0) is 31.9 Å². The van der Waals surface area contributed by atoms with Crippen LogP contribution in [0.3, 0.4) is 0 Å². The molecule has 1 aliphatic carbocycles. The summed E-state index contributed by atoms with van der Waals surface area (Å²) in [4.78, 5) is 25.8. The van der Waals surface area contributed by atoms with Gasteiger partial charge >= 0.3 is 0 Å². The fourth-order valence-electron chi connectivity index (χ4n) is 2.91. The van der Waals surface area contributed by atoms with E-state index in [0.717, 1.165) is 25.7 Å². The first-order valence-corrected chi connectivity index (χ1v) is 7.76. The summed E-state index contributed by atoms with van der Waals surface area (Å²) in [6.45, 7) is 2.16. The summed E-state index contributed by atoms with van der Waals surface area (Å²) in [7, 11) is 1.71. The number of nitrogens with zero attached hydrogens (tertiary/aromatic N) is 1. The highest BCUT2D eigenvalue weighted by molar-refractivity contribution is 5.95. The molecule has 1 saturated carbocycles. The molecule has 6 nitrogen and oxygen atoms in total. The summed E-state index contributed by atoms with van der Waals surface area (Å²) in [5.74, 6) is -0.268. The van der Waals surface area contributed by atoms with Gasteiger partial charge in [0.2, 0.25) is 5.91 Å². The summed E-state index contributed by atoms with van der Waals surface area (Å²) in [6.07, 6.45) is 4.96. The largest absolute Gasteiger partial charge is 0.459 e. The van der Waals surface area contributed by atoms with E-state index in [2.05, 4.69) is 5.32 Å². The Kier molecular flexibility index (Phi) is 5.60. The summed E-state index contributed by atoms with van der Waals surface area (Å²) in [5, 5.41) is 12.6. The van der Waals surface area contributed by atoms with Crippen LogP contribution in [0.1, 0.15) is 43.2 Å². The zero-order chi connectivity index (χ0) is 16.1. The third-order valence-electron chi connectivity index (χ3n) is 4.22. The van der Waals surface area contributed by atoms with Crippen LogP contribution < -0.4 is 5.32 Å². The molecule has 0 bridgehead atoms. The van der Waals surface area contributed by atoms with E-state index in [0.29, 0.717) is 6.54 Å². The number of likely N-dealkylation sites (N-methyl/N-ethyl adjacent to an activating group) is 1. The lowest BCUT2D eigenvalue weighted by molar-refractivity contribution is -0.132. The van der Waals surface area contributed by atoms with Crippen molar-refractivity contribution in [2.24, 2.45) is 5.92 Å². The van der Waals surface area contributed by atoms with Gasteiger partial charge in [-0.2, -0.15) is 0 Å². The van der Waals surface area contributed by atoms with Crippen LogP contribution in [0.25, 0.3) is 0 Å². The lowest BCUT2D eigenvalue weighted by Gasteiger charge is -2.32. The average molecular weight is 308 g/mol. The van der Waals surface area contributed by atoms with Crippen molar-refractivity contribution in [2.45, 2.75) is 44.8 Å². The van der Waals surface area contributed by atoms with Crippen molar-refractivity contribution in [1.82, 2.24) is 10.2 Å². The molecule has 3 unspecified atom stereocenters. The molecule has 122 valence electrons. The molecule has 1 aromatic rings. The van der Waals surface area contributed by atoms with Gasteiger partial charge in [0.15, 0.2) is 5.76 Å². The van der Waals surface area contributed by atoms with Crippen LogP contribution >= 0.6 is 0 Å². The van der Waals surface area contributed by atoms with Crippen LogP contribution in [0.4, 0.5) is 0 Å². The van der Waals surface area contributed by atoms with Crippen molar-refractivity contribution in [2.75, 3.05) is 13.6 Å². The molecule has 6 heteroatoms. The molecular formula is C16H24N2O4. The smallest absolute Gasteiger partial charge is 0.287 e. The second kappa shape index (κ2) is 7.45. The number of furan rings is 1. The number of aliphatic hydroxyl groups is 1. The van der Waals surface area contributed by atoms with Crippen molar-refractivity contribution in [3.63, 3.8) is 0 Å². The van der Waals surface area contributed by atoms with Crippen LogP contribution in [0.5, 0.6) is 0 Å². The molecule has 2 rings (SSSR count). The van der Waals surface area contributed by atoms with Crippen LogP contribution in [0.2, 0.25) is 0 Å². The Morgan fingerprint density at radius 3 is 2.82 bits per heavy atom. The van der Waals surface area contributed by atoms with E-state index in [-0.39, 0.29) is 23.7 Å². The first-order chi connectivity index (χ1) is 10.5. The Hall–Kier alpha value is -1.82. The van der Waals surface area contributed by atoms with Crippen molar-refractivity contribution >= 4 is 11.8 Å². The fraction of sp³-hybridized carbons (Fsp3) is 0.625. The van der Waals surface area contributed by atoms with Gasteiger partial charge < -0.3 is 19.7 Å². The van der Waals surface area contributed by atoms with E-state index in [1.165, 1.54) is 6.26 Å². The van der Waals surface area contributed by atoms with Gasteiger partial charge in [-0.25, -0.2) is 0 Å². The van der Waals surface area contributed by atoms with Crippen molar-refractivity contribution in [3.05, 3.63) is 24.2 Å². The van der Waals surface area contributed by atoms with Gasteiger partial charge in [-0.1, -0.05) is 12.8 Å². The van der Waals surface area contributed by atoms with Crippen LogP contribution in [-0.4, -0.2) is 47.6 Å². The molecule has 0 spiro atoms. The molecule has 1 aliphatic rings. The predicted octanol–water partition coefficient (Wildman–Crippen LogP) is 1.41. The molecular weight excluding hydrogens is 284 g/mol. The fourth-order valence-corrected chi connectivity index (χ4v) is 2.91. The Labute approximate surface area is 130 Å². The van der Waals surface area contributed by atoms with E-state index in [4.69, 9.17) is 4.42 Å². The third-order valence-corrected chi connectivity index (χ3v) is 4.22. The first-order valence-electron chi connectivity index (χ1n) is 7.76. The molecule has 1 aromatic heterocycles. The number of hydrogen-bond acceptors (Lipinski definition) is 4. The second-order valence-corrected chi connectivity index (χ2v) is 6.00. The van der Waals surface area contributed by atoms with Gasteiger partial charge in [0.05, 0.1) is 12.4 Å². The van der Waals surface area contributed by atoms with Crippen LogP contribution in [-0.2, 0) is 4.79 Å². The monoisotopic (exact) mass is 308 g/mol. The number of rotatable bonds is 5. The highest BCUT2D eigenvalue weighted by Crippen LogP contribution is 2.25. The van der Waals surface area contributed by atoms with E-state index in [1.807, 2.05) is 0 Å². The lowest BCUT2D eigenvalue weighted by atomic mass is 9.86. The van der Waals surface area contributed by atoms with Crippen molar-refractivity contribution in [3.8, 4) is 0 Å². The van der Waals surface area contributed by atoms with Gasteiger partial charge in [0.25, 0.3) is 5.91 Å². The first kappa shape index (κ1) is 16.5. The van der Waals surface area contributed by atoms with Crippen molar-refractivity contribution in [1.29, 1.82) is 0 Å². The number of aliphatic hydroxyl groups excluding tert-OH is 1. The topological polar surface area (TPSA) is 82.8 Å². The molecule has 2 N–H and O–H groups in total. The summed E-state index contributed by atoms with van der Waals surface area (Å²) < 4.78 is 5.00. The lowest BCUT2D eigenvalue weighted by Crippen LogP contribution is -2.48. The molecule has 3 atom stereocenters. The van der Waals surface area contributed by atoms with Crippen LogP contribution in [0, 0.1) is 5.92 Å². The molecule has 0 aliphatic heterocycles. The Bertz CT molecular complexity index is 500. The Balaban J connectivity index is 1.85. The zero-order valence-electron chi connectivity index (χ0n) is 13.1. The Morgan fingerprint density at radius 2 is 2.18 bits per heavy atom. The molecule has 0 aromatic carbocycles. The highest BCUT2D eigenvalue weighted by atomic mass is 16.3. The molecule has 2 amide bonds. The predicted molar refractivity (Wildman–Crippen MR) is 81.2 cm³/mol. The molecule has 0 saturated heterocycles. The van der Waals surface area contributed by atoms with Crippen molar-refractivity contribution < 1.29 is 19.1 Å². The normalized spacial score (nSPS) is 22.9. The van der Waals surface area contributed by atoms with Gasteiger partial charge in [-0.3, -0.25) is 9.59 Å². The second-order valence-electron chi connectivity index (χ2n) is 6.00. The van der Waals surface area contributed by atoms with Gasteiger partial charge in [0.1, 0.15) is 6.04 Å². The Morgan fingerprint density at radius 1 is 1.45 bits per heavy atom. The quantitative estimate of drug-likeness (QED) is 0.861. The molecule has 1 heterocycles.